The Kier molecular flexibility index (Phi) is 5.12. The van der Waals surface area contributed by atoms with Crippen molar-refractivity contribution in [3.63, 3.8) is 0 Å². The van der Waals surface area contributed by atoms with Crippen molar-refractivity contribution in [1.82, 2.24) is 15.1 Å². The summed E-state index contributed by atoms with van der Waals surface area (Å²) in [6, 6.07) is 16.1. The number of carbonyl (C=O) groups excluding carboxylic acids is 2. The van der Waals surface area contributed by atoms with E-state index in [0.717, 1.165) is 11.3 Å². The van der Waals surface area contributed by atoms with Crippen LogP contribution in [0.5, 0.6) is 0 Å². The summed E-state index contributed by atoms with van der Waals surface area (Å²) in [5.74, 6) is -0.362. The number of nitrogens with zero attached hydrogens (tertiary/aromatic N) is 2. The number of hydrogen-bond acceptors (Lipinski definition) is 3. The van der Waals surface area contributed by atoms with Gasteiger partial charge in [0.25, 0.3) is 11.8 Å². The summed E-state index contributed by atoms with van der Waals surface area (Å²) in [4.78, 5) is 26.3. The summed E-state index contributed by atoms with van der Waals surface area (Å²) in [5.41, 5.74) is 3.51. The van der Waals surface area contributed by atoms with Crippen LogP contribution < -0.4 is 5.32 Å². The molecule has 0 fully saturated rings. The van der Waals surface area contributed by atoms with Gasteiger partial charge in [-0.3, -0.25) is 14.7 Å². The Morgan fingerprint density at radius 1 is 1.08 bits per heavy atom. The summed E-state index contributed by atoms with van der Waals surface area (Å²) < 4.78 is 0. The van der Waals surface area contributed by atoms with Crippen molar-refractivity contribution < 1.29 is 9.59 Å². The van der Waals surface area contributed by atoms with Gasteiger partial charge in [0.05, 0.1) is 5.69 Å². The molecule has 26 heavy (non-hydrogen) atoms. The van der Waals surface area contributed by atoms with Crippen LogP contribution in [0.4, 0.5) is 5.69 Å². The van der Waals surface area contributed by atoms with Crippen LogP contribution >= 0.6 is 0 Å². The highest BCUT2D eigenvalue weighted by atomic mass is 16.2. The van der Waals surface area contributed by atoms with Crippen LogP contribution in [0.2, 0.25) is 0 Å². The molecule has 3 rings (SSSR count). The maximum atomic E-state index is 12.5. The summed E-state index contributed by atoms with van der Waals surface area (Å²) in [5, 5.41) is 9.67. The fourth-order valence-corrected chi connectivity index (χ4v) is 2.51. The largest absolute Gasteiger partial charge is 0.342 e. The first-order valence-corrected chi connectivity index (χ1v) is 8.35. The first kappa shape index (κ1) is 17.4. The van der Waals surface area contributed by atoms with Crippen LogP contribution in [0.15, 0.2) is 60.8 Å². The number of carbonyl (C=O) groups is 2. The highest BCUT2D eigenvalue weighted by Crippen LogP contribution is 2.19. The molecule has 2 amide bonds. The van der Waals surface area contributed by atoms with Gasteiger partial charge in [0, 0.05) is 36.6 Å². The topological polar surface area (TPSA) is 78.1 Å². The van der Waals surface area contributed by atoms with Gasteiger partial charge in [0.15, 0.2) is 0 Å². The van der Waals surface area contributed by atoms with Crippen molar-refractivity contribution in [3.8, 4) is 11.3 Å². The second-order valence-electron chi connectivity index (χ2n) is 5.90. The van der Waals surface area contributed by atoms with Crippen LogP contribution in [0, 0.1) is 0 Å². The van der Waals surface area contributed by atoms with Crippen molar-refractivity contribution in [3.05, 3.63) is 71.9 Å². The van der Waals surface area contributed by atoms with Gasteiger partial charge in [-0.1, -0.05) is 18.2 Å². The number of amides is 2. The average molecular weight is 348 g/mol. The van der Waals surface area contributed by atoms with Crippen LogP contribution in [0.3, 0.4) is 0 Å². The molecule has 132 valence electrons. The highest BCUT2D eigenvalue weighted by Gasteiger charge is 2.13. The molecule has 2 N–H and O–H groups in total. The average Bonchev–Trinajstić information content (AvgIpc) is 3.22. The second kappa shape index (κ2) is 7.65. The molecule has 0 aliphatic rings. The number of aromatic nitrogens is 2. The molecule has 6 nitrogen and oxygen atoms in total. The van der Waals surface area contributed by atoms with E-state index in [0.29, 0.717) is 23.4 Å². The third-order valence-electron chi connectivity index (χ3n) is 4.15. The molecular formula is C20H20N4O2. The molecule has 0 bridgehead atoms. The first-order valence-electron chi connectivity index (χ1n) is 8.35. The van der Waals surface area contributed by atoms with Gasteiger partial charge in [0.2, 0.25) is 0 Å². The van der Waals surface area contributed by atoms with Crippen molar-refractivity contribution in [2.45, 2.75) is 6.92 Å². The van der Waals surface area contributed by atoms with Gasteiger partial charge in [-0.05, 0) is 48.9 Å². The maximum absolute atomic E-state index is 12.5. The Balaban J connectivity index is 1.73. The predicted molar refractivity (Wildman–Crippen MR) is 101 cm³/mol. The zero-order valence-corrected chi connectivity index (χ0v) is 14.7. The van der Waals surface area contributed by atoms with Crippen molar-refractivity contribution >= 4 is 17.5 Å². The monoisotopic (exact) mass is 348 g/mol. The SMILES string of the molecule is CCN(C)C(=O)c1cccc(C(=O)Nc2ccc(-c3ccn[nH]3)cc2)c1. The lowest BCUT2D eigenvalue weighted by Crippen LogP contribution is -2.26. The van der Waals surface area contributed by atoms with Crippen LogP contribution in [0.1, 0.15) is 27.6 Å². The van der Waals surface area contributed by atoms with E-state index in [2.05, 4.69) is 15.5 Å². The fourth-order valence-electron chi connectivity index (χ4n) is 2.51. The number of rotatable bonds is 5. The molecule has 0 radical (unpaired) electrons. The molecule has 0 saturated heterocycles. The zero-order chi connectivity index (χ0) is 18.5. The van der Waals surface area contributed by atoms with Crippen molar-refractivity contribution in [1.29, 1.82) is 0 Å². The predicted octanol–water partition coefficient (Wildman–Crippen LogP) is 3.42. The molecule has 0 atom stereocenters. The lowest BCUT2D eigenvalue weighted by molar-refractivity contribution is 0.0802. The fraction of sp³-hybridized carbons (Fsp3) is 0.150. The smallest absolute Gasteiger partial charge is 0.255 e. The molecule has 1 heterocycles. The van der Waals surface area contributed by atoms with E-state index in [4.69, 9.17) is 0 Å². The molecule has 0 saturated carbocycles. The van der Waals surface area contributed by atoms with Gasteiger partial charge < -0.3 is 10.2 Å². The normalized spacial score (nSPS) is 10.4. The lowest BCUT2D eigenvalue weighted by atomic mass is 10.1. The van der Waals surface area contributed by atoms with E-state index >= 15 is 0 Å². The maximum Gasteiger partial charge on any atom is 0.255 e. The number of anilines is 1. The van der Waals surface area contributed by atoms with Gasteiger partial charge >= 0.3 is 0 Å². The molecule has 3 aromatic rings. The minimum absolute atomic E-state index is 0.105. The minimum atomic E-state index is -0.256. The van der Waals surface area contributed by atoms with Crippen LogP contribution in [0.25, 0.3) is 11.3 Å². The molecule has 6 heteroatoms. The first-order chi connectivity index (χ1) is 12.6. The quantitative estimate of drug-likeness (QED) is 0.741. The second-order valence-corrected chi connectivity index (χ2v) is 5.90. The molecule has 0 aliphatic heterocycles. The Morgan fingerprint density at radius 2 is 1.81 bits per heavy atom. The standard InChI is InChI=1S/C20H20N4O2/c1-3-24(2)20(26)16-6-4-5-15(13-16)19(25)22-17-9-7-14(8-10-17)18-11-12-21-23-18/h4-13H,3H2,1-2H3,(H,21,23)(H,22,25). The van der Waals surface area contributed by atoms with Crippen LogP contribution in [-0.2, 0) is 0 Å². The van der Waals surface area contributed by atoms with Gasteiger partial charge in [-0.25, -0.2) is 0 Å². The van der Waals surface area contributed by atoms with E-state index < -0.39 is 0 Å². The minimum Gasteiger partial charge on any atom is -0.342 e. The molecule has 0 spiro atoms. The summed E-state index contributed by atoms with van der Waals surface area (Å²) >= 11 is 0. The summed E-state index contributed by atoms with van der Waals surface area (Å²) in [6.07, 6.45) is 1.69. The van der Waals surface area contributed by atoms with E-state index in [1.807, 2.05) is 37.3 Å². The molecule has 0 unspecified atom stereocenters. The molecule has 1 aromatic heterocycles. The zero-order valence-electron chi connectivity index (χ0n) is 14.7. The van der Waals surface area contributed by atoms with Gasteiger partial charge in [0.1, 0.15) is 0 Å². The number of nitrogens with one attached hydrogen (secondary N) is 2. The van der Waals surface area contributed by atoms with Gasteiger partial charge in [-0.15, -0.1) is 0 Å². The summed E-state index contributed by atoms with van der Waals surface area (Å²) in [7, 11) is 1.73. The number of aromatic amines is 1. The number of benzene rings is 2. The van der Waals surface area contributed by atoms with E-state index in [1.54, 1.807) is 42.4 Å². The number of hydrogen-bond donors (Lipinski definition) is 2. The Hall–Kier alpha value is -3.41. The van der Waals surface area contributed by atoms with Crippen LogP contribution in [-0.4, -0.2) is 40.5 Å². The molecule has 0 aliphatic carbocycles. The molecule has 2 aromatic carbocycles. The third kappa shape index (κ3) is 3.80. The molecular weight excluding hydrogens is 328 g/mol. The number of H-pyrrole nitrogens is 1. The van der Waals surface area contributed by atoms with E-state index in [1.165, 1.54) is 0 Å². The van der Waals surface area contributed by atoms with E-state index in [-0.39, 0.29) is 11.8 Å². The Bertz CT molecular complexity index is 902. The lowest BCUT2D eigenvalue weighted by Gasteiger charge is -2.15. The Labute approximate surface area is 151 Å². The highest BCUT2D eigenvalue weighted by molar-refractivity contribution is 6.06. The van der Waals surface area contributed by atoms with E-state index in [9.17, 15) is 9.59 Å². The van der Waals surface area contributed by atoms with Gasteiger partial charge in [-0.2, -0.15) is 5.10 Å². The Morgan fingerprint density at radius 3 is 2.46 bits per heavy atom. The third-order valence-corrected chi connectivity index (χ3v) is 4.15. The van der Waals surface area contributed by atoms with Crippen molar-refractivity contribution in [2.75, 3.05) is 18.9 Å². The summed E-state index contributed by atoms with van der Waals surface area (Å²) in [6.45, 7) is 2.51. The van der Waals surface area contributed by atoms with Crippen molar-refractivity contribution in [2.24, 2.45) is 0 Å².